The number of nitrogens with one attached hydrogen (secondary N) is 1. The maximum absolute atomic E-state index is 13.3. The van der Waals surface area contributed by atoms with Gasteiger partial charge in [-0.25, -0.2) is 9.18 Å². The second kappa shape index (κ2) is 11.5. The number of amides is 3. The van der Waals surface area contributed by atoms with Crippen LogP contribution in [0, 0.1) is 5.82 Å². The van der Waals surface area contributed by atoms with Gasteiger partial charge in [0.2, 0.25) is 5.91 Å². The molecule has 0 aliphatic carbocycles. The number of hydrogen-bond acceptors (Lipinski definition) is 4. The van der Waals surface area contributed by atoms with E-state index in [1.165, 1.54) is 24.1 Å². The highest BCUT2D eigenvalue weighted by molar-refractivity contribution is 7.09. The second-order valence-electron chi connectivity index (χ2n) is 7.81. The van der Waals surface area contributed by atoms with E-state index in [9.17, 15) is 14.0 Å². The van der Waals surface area contributed by atoms with Crippen LogP contribution in [0.1, 0.15) is 24.3 Å². The van der Waals surface area contributed by atoms with Gasteiger partial charge in [0.1, 0.15) is 18.1 Å². The molecule has 0 atom stereocenters. The van der Waals surface area contributed by atoms with Crippen LogP contribution in [0.25, 0.3) is 0 Å². The molecule has 3 aromatic rings. The summed E-state index contributed by atoms with van der Waals surface area (Å²) in [5, 5.41) is 4.80. The number of para-hydroxylation sites is 2. The van der Waals surface area contributed by atoms with Gasteiger partial charge < -0.3 is 19.9 Å². The van der Waals surface area contributed by atoms with Gasteiger partial charge in [0.15, 0.2) is 0 Å². The average molecular weight is 470 g/mol. The van der Waals surface area contributed by atoms with Crippen molar-refractivity contribution >= 4 is 29.0 Å². The molecule has 0 fully saturated rings. The molecule has 0 saturated carbocycles. The summed E-state index contributed by atoms with van der Waals surface area (Å²) in [5.41, 5.74) is 1.35. The largest absolute Gasteiger partial charge is 0.495 e. The zero-order chi connectivity index (χ0) is 23.8. The number of hydrogen-bond donors (Lipinski definition) is 1. The maximum Gasteiger partial charge on any atom is 0.322 e. The molecule has 0 aliphatic rings. The number of halogens is 1. The number of carbonyl (C=O) groups is 2. The van der Waals surface area contributed by atoms with Crippen molar-refractivity contribution in [1.82, 2.24) is 9.80 Å². The zero-order valence-corrected chi connectivity index (χ0v) is 19.8. The topological polar surface area (TPSA) is 61.9 Å². The number of benzene rings is 2. The van der Waals surface area contributed by atoms with Crippen LogP contribution in [-0.4, -0.2) is 41.4 Å². The molecule has 2 aromatic carbocycles. The van der Waals surface area contributed by atoms with Crippen molar-refractivity contribution in [3.05, 3.63) is 82.3 Å². The Morgan fingerprint density at radius 3 is 2.39 bits per heavy atom. The van der Waals surface area contributed by atoms with Gasteiger partial charge in [-0.2, -0.15) is 0 Å². The van der Waals surface area contributed by atoms with Crippen LogP contribution in [0.4, 0.5) is 14.9 Å². The number of urea groups is 1. The lowest BCUT2D eigenvalue weighted by Crippen LogP contribution is -2.47. The Morgan fingerprint density at radius 2 is 1.76 bits per heavy atom. The van der Waals surface area contributed by atoms with Gasteiger partial charge in [-0.3, -0.25) is 4.79 Å². The van der Waals surface area contributed by atoms with Crippen molar-refractivity contribution < 1.29 is 18.7 Å². The minimum Gasteiger partial charge on any atom is -0.495 e. The van der Waals surface area contributed by atoms with Gasteiger partial charge in [-0.15, -0.1) is 11.3 Å². The van der Waals surface area contributed by atoms with Gasteiger partial charge in [0.25, 0.3) is 0 Å². The van der Waals surface area contributed by atoms with Gasteiger partial charge in [0.05, 0.1) is 19.3 Å². The van der Waals surface area contributed by atoms with Crippen molar-refractivity contribution in [1.29, 1.82) is 0 Å². The molecule has 0 spiro atoms. The van der Waals surface area contributed by atoms with Crippen LogP contribution < -0.4 is 10.1 Å². The molecular weight excluding hydrogens is 441 g/mol. The highest BCUT2D eigenvalue weighted by Crippen LogP contribution is 2.24. The Hall–Kier alpha value is -3.39. The Morgan fingerprint density at radius 1 is 1.03 bits per heavy atom. The Labute approximate surface area is 197 Å². The van der Waals surface area contributed by atoms with E-state index in [2.05, 4.69) is 5.32 Å². The fourth-order valence-electron chi connectivity index (χ4n) is 3.30. The van der Waals surface area contributed by atoms with Gasteiger partial charge in [-0.1, -0.05) is 30.3 Å². The third-order valence-corrected chi connectivity index (χ3v) is 5.97. The molecule has 0 unspecified atom stereocenters. The third kappa shape index (κ3) is 6.79. The van der Waals surface area contributed by atoms with Crippen LogP contribution in [-0.2, 0) is 17.9 Å². The Balaban J connectivity index is 1.76. The molecule has 174 valence electrons. The van der Waals surface area contributed by atoms with E-state index < -0.39 is 0 Å². The lowest BCUT2D eigenvalue weighted by atomic mass is 10.2. The Bertz CT molecular complexity index is 1060. The standard InChI is InChI=1S/C25H28FN3O3S/c1-18(2)29(25(31)27-22-8-4-5-9-23(22)32-3)17-24(30)28(16-21-7-6-14-33-21)15-19-10-12-20(26)13-11-19/h4-14,18H,15-17H2,1-3H3,(H,27,31). The van der Waals surface area contributed by atoms with Gasteiger partial charge in [-0.05, 0) is 55.1 Å². The van der Waals surface area contributed by atoms with E-state index in [0.717, 1.165) is 10.4 Å². The summed E-state index contributed by atoms with van der Waals surface area (Å²) in [6, 6.07) is 16.5. The first-order chi connectivity index (χ1) is 15.9. The smallest absolute Gasteiger partial charge is 0.322 e. The van der Waals surface area contributed by atoms with Crippen molar-refractivity contribution in [3.8, 4) is 5.75 Å². The summed E-state index contributed by atoms with van der Waals surface area (Å²) in [4.78, 5) is 30.6. The SMILES string of the molecule is COc1ccccc1NC(=O)N(CC(=O)N(Cc1ccc(F)cc1)Cc1cccs1)C(C)C. The zero-order valence-electron chi connectivity index (χ0n) is 19.0. The van der Waals surface area contributed by atoms with E-state index >= 15 is 0 Å². The average Bonchev–Trinajstić information content (AvgIpc) is 3.31. The molecule has 8 heteroatoms. The first kappa shape index (κ1) is 24.3. The number of thiophene rings is 1. The lowest BCUT2D eigenvalue weighted by Gasteiger charge is -2.30. The minimum absolute atomic E-state index is 0.0920. The highest BCUT2D eigenvalue weighted by Gasteiger charge is 2.25. The van der Waals surface area contributed by atoms with Crippen LogP contribution in [0.3, 0.4) is 0 Å². The number of anilines is 1. The number of methoxy groups -OCH3 is 1. The molecule has 0 bridgehead atoms. The first-order valence-electron chi connectivity index (χ1n) is 10.6. The summed E-state index contributed by atoms with van der Waals surface area (Å²) >= 11 is 1.56. The van der Waals surface area contributed by atoms with Crippen LogP contribution in [0.2, 0.25) is 0 Å². The first-order valence-corrected chi connectivity index (χ1v) is 11.5. The monoisotopic (exact) mass is 469 g/mol. The number of rotatable bonds is 9. The predicted octanol–water partition coefficient (Wildman–Crippen LogP) is 5.37. The molecule has 1 heterocycles. The summed E-state index contributed by atoms with van der Waals surface area (Å²) < 4.78 is 18.6. The summed E-state index contributed by atoms with van der Waals surface area (Å²) in [7, 11) is 1.53. The molecule has 0 radical (unpaired) electrons. The van der Waals surface area contributed by atoms with E-state index in [1.54, 1.807) is 46.6 Å². The van der Waals surface area contributed by atoms with Gasteiger partial charge in [0, 0.05) is 17.5 Å². The molecule has 3 rings (SSSR count). The molecule has 33 heavy (non-hydrogen) atoms. The van der Waals surface area contributed by atoms with Crippen molar-refractivity contribution in [3.63, 3.8) is 0 Å². The molecule has 0 saturated heterocycles. The van der Waals surface area contributed by atoms with E-state index in [0.29, 0.717) is 24.5 Å². The number of nitrogens with zero attached hydrogens (tertiary/aromatic N) is 2. The molecule has 6 nitrogen and oxygen atoms in total. The molecular formula is C25H28FN3O3S. The van der Waals surface area contributed by atoms with Crippen LogP contribution >= 0.6 is 11.3 Å². The molecule has 0 aliphatic heterocycles. The molecule has 1 aromatic heterocycles. The Kier molecular flexibility index (Phi) is 8.43. The third-order valence-electron chi connectivity index (χ3n) is 5.10. The molecule has 1 N–H and O–H groups in total. The second-order valence-corrected chi connectivity index (χ2v) is 8.84. The molecule has 3 amide bonds. The van der Waals surface area contributed by atoms with Crippen LogP contribution in [0.5, 0.6) is 5.75 Å². The van der Waals surface area contributed by atoms with Gasteiger partial charge >= 0.3 is 6.03 Å². The van der Waals surface area contributed by atoms with Crippen molar-refractivity contribution in [2.45, 2.75) is 33.0 Å². The summed E-state index contributed by atoms with van der Waals surface area (Å²) in [5.74, 6) is 0.0157. The number of carbonyl (C=O) groups excluding carboxylic acids is 2. The fourth-order valence-corrected chi connectivity index (χ4v) is 4.02. The van der Waals surface area contributed by atoms with E-state index in [4.69, 9.17) is 4.74 Å². The fraction of sp³-hybridized carbons (Fsp3) is 0.280. The summed E-state index contributed by atoms with van der Waals surface area (Å²) in [6.07, 6.45) is 0. The van der Waals surface area contributed by atoms with Crippen LogP contribution in [0.15, 0.2) is 66.0 Å². The van der Waals surface area contributed by atoms with E-state index in [1.807, 2.05) is 37.4 Å². The van der Waals surface area contributed by atoms with Crippen molar-refractivity contribution in [2.24, 2.45) is 0 Å². The normalized spacial score (nSPS) is 10.7. The minimum atomic E-state index is -0.388. The lowest BCUT2D eigenvalue weighted by molar-refractivity contribution is -0.133. The summed E-state index contributed by atoms with van der Waals surface area (Å²) in [6.45, 7) is 4.35. The maximum atomic E-state index is 13.3. The van der Waals surface area contributed by atoms with E-state index in [-0.39, 0.29) is 30.3 Å². The highest BCUT2D eigenvalue weighted by atomic mass is 32.1. The quantitative estimate of drug-likeness (QED) is 0.459. The van der Waals surface area contributed by atoms with Crippen molar-refractivity contribution in [2.75, 3.05) is 19.0 Å². The number of ether oxygens (including phenoxy) is 1. The predicted molar refractivity (Wildman–Crippen MR) is 129 cm³/mol.